The van der Waals surface area contributed by atoms with Gasteiger partial charge in [0.15, 0.2) is 0 Å². The molecule has 84 valence electrons. The van der Waals surface area contributed by atoms with E-state index in [2.05, 4.69) is 15.6 Å². The topological polar surface area (TPSA) is 52.0 Å². The van der Waals surface area contributed by atoms with Crippen molar-refractivity contribution in [1.82, 2.24) is 20.3 Å². The number of aromatic nitrogens is 3. The molecular formula is C10H18N4O. The summed E-state index contributed by atoms with van der Waals surface area (Å²) in [5.41, 5.74) is 0.995. The average Bonchev–Trinajstić information content (AvgIpc) is 2.66. The fourth-order valence-electron chi connectivity index (χ4n) is 1.85. The lowest BCUT2D eigenvalue weighted by Gasteiger charge is -2.21. The summed E-state index contributed by atoms with van der Waals surface area (Å²) in [6, 6.07) is 0. The van der Waals surface area contributed by atoms with E-state index in [4.69, 9.17) is 4.74 Å². The summed E-state index contributed by atoms with van der Waals surface area (Å²) in [5.74, 6) is 0.662. The van der Waals surface area contributed by atoms with Gasteiger partial charge in [0, 0.05) is 32.9 Å². The van der Waals surface area contributed by atoms with Crippen LogP contribution in [0.15, 0.2) is 6.20 Å². The third-order valence-corrected chi connectivity index (χ3v) is 2.64. The minimum absolute atomic E-state index is 0.662. The second-order valence-corrected chi connectivity index (χ2v) is 4.10. The molecule has 1 atom stereocenters. The Morgan fingerprint density at radius 3 is 3.27 bits per heavy atom. The van der Waals surface area contributed by atoms with Crippen LogP contribution in [0.5, 0.6) is 0 Å². The monoisotopic (exact) mass is 210 g/mol. The van der Waals surface area contributed by atoms with Crippen molar-refractivity contribution < 1.29 is 4.74 Å². The fraction of sp³-hybridized carbons (Fsp3) is 0.800. The molecule has 0 aromatic carbocycles. The minimum Gasteiger partial charge on any atom is -0.381 e. The highest BCUT2D eigenvalue weighted by Crippen LogP contribution is 2.12. The van der Waals surface area contributed by atoms with Crippen LogP contribution < -0.4 is 5.32 Å². The van der Waals surface area contributed by atoms with E-state index >= 15 is 0 Å². The minimum atomic E-state index is 0.662. The summed E-state index contributed by atoms with van der Waals surface area (Å²) < 4.78 is 7.14. The van der Waals surface area contributed by atoms with Crippen LogP contribution in [0.25, 0.3) is 0 Å². The van der Waals surface area contributed by atoms with Gasteiger partial charge in [0.1, 0.15) is 0 Å². The molecule has 1 fully saturated rings. The van der Waals surface area contributed by atoms with E-state index in [0.717, 1.165) is 32.0 Å². The van der Waals surface area contributed by atoms with Crippen molar-refractivity contribution >= 4 is 0 Å². The first-order chi connectivity index (χ1) is 7.34. The van der Waals surface area contributed by atoms with E-state index in [-0.39, 0.29) is 0 Å². The van der Waals surface area contributed by atoms with Crippen LogP contribution in [-0.4, -0.2) is 34.8 Å². The molecule has 0 radical (unpaired) electrons. The molecule has 1 aliphatic heterocycles. The molecule has 1 aliphatic rings. The summed E-state index contributed by atoms with van der Waals surface area (Å²) in [4.78, 5) is 0. The molecule has 5 heteroatoms. The maximum Gasteiger partial charge on any atom is 0.0964 e. The van der Waals surface area contributed by atoms with Gasteiger partial charge in [0.25, 0.3) is 0 Å². The summed E-state index contributed by atoms with van der Waals surface area (Å²) in [6.07, 6.45) is 4.40. The molecule has 15 heavy (non-hydrogen) atoms. The van der Waals surface area contributed by atoms with Gasteiger partial charge in [-0.2, -0.15) is 0 Å². The molecule has 0 amide bonds. The number of nitrogens with one attached hydrogen (secondary N) is 1. The van der Waals surface area contributed by atoms with Crippen molar-refractivity contribution in [1.29, 1.82) is 0 Å². The zero-order chi connectivity index (χ0) is 10.5. The van der Waals surface area contributed by atoms with E-state index in [1.165, 1.54) is 12.8 Å². The summed E-state index contributed by atoms with van der Waals surface area (Å²) in [6.45, 7) is 3.63. The Hall–Kier alpha value is -0.940. The van der Waals surface area contributed by atoms with Crippen LogP contribution >= 0.6 is 0 Å². The second-order valence-electron chi connectivity index (χ2n) is 4.10. The quantitative estimate of drug-likeness (QED) is 0.778. The normalized spacial score (nSPS) is 21.8. The Morgan fingerprint density at radius 2 is 2.60 bits per heavy atom. The van der Waals surface area contributed by atoms with Gasteiger partial charge in [-0.1, -0.05) is 5.21 Å². The fourth-order valence-corrected chi connectivity index (χ4v) is 1.85. The van der Waals surface area contributed by atoms with Crippen LogP contribution in [-0.2, 0) is 18.3 Å². The molecule has 2 heterocycles. The molecule has 0 saturated carbocycles. The summed E-state index contributed by atoms with van der Waals surface area (Å²) >= 11 is 0. The molecule has 1 N–H and O–H groups in total. The maximum absolute atomic E-state index is 5.42. The van der Waals surface area contributed by atoms with Crippen molar-refractivity contribution in [3.8, 4) is 0 Å². The Balaban J connectivity index is 1.65. The average molecular weight is 210 g/mol. The van der Waals surface area contributed by atoms with E-state index in [0.29, 0.717) is 5.92 Å². The molecule has 1 aromatic heterocycles. The zero-order valence-corrected chi connectivity index (χ0v) is 9.15. The van der Waals surface area contributed by atoms with Gasteiger partial charge in [-0.15, -0.1) is 5.10 Å². The Kier molecular flexibility index (Phi) is 3.69. The lowest BCUT2D eigenvalue weighted by molar-refractivity contribution is 0.0547. The van der Waals surface area contributed by atoms with Crippen molar-refractivity contribution in [3.05, 3.63) is 11.9 Å². The van der Waals surface area contributed by atoms with Crippen molar-refractivity contribution in [2.45, 2.75) is 19.4 Å². The first kappa shape index (κ1) is 10.6. The molecule has 1 unspecified atom stereocenters. The van der Waals surface area contributed by atoms with Crippen LogP contribution in [0, 0.1) is 5.92 Å². The van der Waals surface area contributed by atoms with Gasteiger partial charge in [0.05, 0.1) is 12.3 Å². The number of ether oxygens (including phenoxy) is 1. The third kappa shape index (κ3) is 3.28. The Bertz CT molecular complexity index is 293. The molecule has 1 aromatic rings. The van der Waals surface area contributed by atoms with E-state index in [1.54, 1.807) is 4.68 Å². The van der Waals surface area contributed by atoms with Crippen molar-refractivity contribution in [2.24, 2.45) is 13.0 Å². The van der Waals surface area contributed by atoms with Crippen molar-refractivity contribution in [3.63, 3.8) is 0 Å². The van der Waals surface area contributed by atoms with Gasteiger partial charge in [-0.05, 0) is 18.8 Å². The van der Waals surface area contributed by atoms with Gasteiger partial charge >= 0.3 is 0 Å². The van der Waals surface area contributed by atoms with Crippen LogP contribution in [0.2, 0.25) is 0 Å². The smallest absolute Gasteiger partial charge is 0.0964 e. The first-order valence-electron chi connectivity index (χ1n) is 5.48. The van der Waals surface area contributed by atoms with Gasteiger partial charge in [-0.25, -0.2) is 0 Å². The largest absolute Gasteiger partial charge is 0.381 e. The molecule has 0 bridgehead atoms. The Labute approximate surface area is 89.8 Å². The number of rotatable bonds is 4. The maximum atomic E-state index is 5.42. The summed E-state index contributed by atoms with van der Waals surface area (Å²) in [7, 11) is 1.88. The van der Waals surface area contributed by atoms with Crippen LogP contribution in [0.1, 0.15) is 18.5 Å². The van der Waals surface area contributed by atoms with Crippen molar-refractivity contribution in [2.75, 3.05) is 19.8 Å². The first-order valence-corrected chi connectivity index (χ1v) is 5.48. The molecule has 2 rings (SSSR count). The zero-order valence-electron chi connectivity index (χ0n) is 9.15. The highest BCUT2D eigenvalue weighted by atomic mass is 16.5. The van der Waals surface area contributed by atoms with Crippen LogP contribution in [0.3, 0.4) is 0 Å². The van der Waals surface area contributed by atoms with Crippen LogP contribution in [0.4, 0.5) is 0 Å². The van der Waals surface area contributed by atoms with E-state index in [1.807, 2.05) is 13.2 Å². The van der Waals surface area contributed by atoms with E-state index in [9.17, 15) is 0 Å². The van der Waals surface area contributed by atoms with E-state index < -0.39 is 0 Å². The second kappa shape index (κ2) is 5.23. The summed E-state index contributed by atoms with van der Waals surface area (Å²) in [5, 5.41) is 11.3. The number of aryl methyl sites for hydroxylation is 1. The molecular weight excluding hydrogens is 192 g/mol. The highest BCUT2D eigenvalue weighted by molar-refractivity contribution is 4.90. The lowest BCUT2D eigenvalue weighted by Crippen LogP contribution is -2.28. The number of hydrogen-bond acceptors (Lipinski definition) is 4. The third-order valence-electron chi connectivity index (χ3n) is 2.64. The molecule has 0 spiro atoms. The predicted molar refractivity (Wildman–Crippen MR) is 56.3 cm³/mol. The SMILES string of the molecule is Cn1cc(CNCC2CCCOC2)nn1. The van der Waals surface area contributed by atoms with Gasteiger partial charge in [-0.3, -0.25) is 4.68 Å². The molecule has 0 aliphatic carbocycles. The van der Waals surface area contributed by atoms with Gasteiger partial charge in [0.2, 0.25) is 0 Å². The Morgan fingerprint density at radius 1 is 1.67 bits per heavy atom. The number of nitrogens with zero attached hydrogens (tertiary/aromatic N) is 3. The molecule has 5 nitrogen and oxygen atoms in total. The number of hydrogen-bond donors (Lipinski definition) is 1. The standard InChI is InChI=1S/C10H18N4O/c1-14-7-10(12-13-14)6-11-5-9-3-2-4-15-8-9/h7,9,11H,2-6,8H2,1H3. The predicted octanol–water partition coefficient (Wildman–Crippen LogP) is 0.331. The van der Waals surface area contributed by atoms with Gasteiger partial charge < -0.3 is 10.1 Å². The highest BCUT2D eigenvalue weighted by Gasteiger charge is 2.13. The molecule has 1 saturated heterocycles. The lowest BCUT2D eigenvalue weighted by atomic mass is 10.0.